The maximum absolute atomic E-state index is 12.4. The van der Waals surface area contributed by atoms with Crippen LogP contribution in [-0.4, -0.2) is 47.4 Å². The summed E-state index contributed by atoms with van der Waals surface area (Å²) >= 11 is 0. The number of aliphatic hydroxyl groups is 2. The van der Waals surface area contributed by atoms with Crippen LogP contribution in [0.4, 0.5) is 0 Å². The number of hydrogen-bond donors (Lipinski definition) is 3. The molecule has 394 valence electrons. The quantitative estimate of drug-likeness (QED) is 0.0321. The minimum absolute atomic E-state index is 0.000665. The Kier molecular flexibility index (Phi) is 55.0. The van der Waals surface area contributed by atoms with E-state index in [1.165, 1.54) is 238 Å². The van der Waals surface area contributed by atoms with Gasteiger partial charge in [0.25, 0.3) is 0 Å². The Hall–Kier alpha value is -1.92. The predicted molar refractivity (Wildman–Crippen MR) is 292 cm³/mol. The smallest absolute Gasteiger partial charge is 0.305 e. The summed E-state index contributed by atoms with van der Waals surface area (Å²) in [6.07, 6.45) is 70.4. The fraction of sp³-hybridized carbons (Fsp3) is 0.869. The van der Waals surface area contributed by atoms with Crippen molar-refractivity contribution in [2.75, 3.05) is 13.2 Å². The van der Waals surface area contributed by atoms with Crippen molar-refractivity contribution in [2.24, 2.45) is 0 Å². The molecule has 0 spiro atoms. The Labute approximate surface area is 417 Å². The van der Waals surface area contributed by atoms with Crippen molar-refractivity contribution in [3.63, 3.8) is 0 Å². The number of hydrogen-bond acceptors (Lipinski definition) is 5. The third-order valence-corrected chi connectivity index (χ3v) is 13.6. The van der Waals surface area contributed by atoms with E-state index >= 15 is 0 Å². The lowest BCUT2D eigenvalue weighted by molar-refractivity contribution is -0.143. The van der Waals surface area contributed by atoms with Crippen LogP contribution in [-0.2, 0) is 14.3 Å². The molecule has 67 heavy (non-hydrogen) atoms. The molecular formula is C61H115NO5. The highest BCUT2D eigenvalue weighted by Crippen LogP contribution is 2.17. The summed E-state index contributed by atoms with van der Waals surface area (Å²) < 4.78 is 5.47. The molecule has 0 heterocycles. The van der Waals surface area contributed by atoms with Gasteiger partial charge in [0.1, 0.15) is 0 Å². The van der Waals surface area contributed by atoms with Gasteiger partial charge in [-0.25, -0.2) is 0 Å². The first kappa shape index (κ1) is 65.1. The monoisotopic (exact) mass is 942 g/mol. The molecule has 2 atom stereocenters. The Morgan fingerprint density at radius 3 is 1.19 bits per heavy atom. The maximum Gasteiger partial charge on any atom is 0.305 e. The highest BCUT2D eigenvalue weighted by Gasteiger charge is 2.18. The van der Waals surface area contributed by atoms with Crippen LogP contribution in [0.1, 0.15) is 316 Å². The third kappa shape index (κ3) is 53.3. The van der Waals surface area contributed by atoms with Gasteiger partial charge < -0.3 is 20.3 Å². The molecule has 0 aromatic carbocycles. The second-order valence-corrected chi connectivity index (χ2v) is 20.3. The van der Waals surface area contributed by atoms with Gasteiger partial charge in [0.2, 0.25) is 5.91 Å². The van der Waals surface area contributed by atoms with Gasteiger partial charge in [-0.15, -0.1) is 0 Å². The molecule has 0 aliphatic rings. The molecule has 0 aromatic rings. The third-order valence-electron chi connectivity index (χ3n) is 13.6. The van der Waals surface area contributed by atoms with E-state index in [9.17, 15) is 19.8 Å². The normalized spacial score (nSPS) is 12.8. The number of allylic oxidation sites excluding steroid dienone is 5. The van der Waals surface area contributed by atoms with Gasteiger partial charge in [0, 0.05) is 12.8 Å². The first-order chi connectivity index (χ1) is 33.0. The van der Waals surface area contributed by atoms with Crippen LogP contribution in [0.25, 0.3) is 0 Å². The molecular weight excluding hydrogens is 827 g/mol. The number of amides is 1. The molecule has 6 heteroatoms. The molecule has 0 radical (unpaired) electrons. The summed E-state index contributed by atoms with van der Waals surface area (Å²) in [5, 5.41) is 23.1. The fourth-order valence-electron chi connectivity index (χ4n) is 9.08. The number of carbonyl (C=O) groups excluding carboxylic acids is 2. The Morgan fingerprint density at radius 2 is 0.776 bits per heavy atom. The van der Waals surface area contributed by atoms with E-state index in [1.807, 2.05) is 6.08 Å². The maximum atomic E-state index is 12.4. The summed E-state index contributed by atoms with van der Waals surface area (Å²) in [7, 11) is 0. The highest BCUT2D eigenvalue weighted by atomic mass is 16.5. The van der Waals surface area contributed by atoms with Gasteiger partial charge in [-0.3, -0.25) is 9.59 Å². The lowest BCUT2D eigenvalue weighted by Crippen LogP contribution is -2.45. The minimum Gasteiger partial charge on any atom is -0.466 e. The standard InChI is InChI=1S/C61H115NO5/c1-3-5-7-9-11-13-15-29-33-37-41-45-49-53-59(64)58(57-63)62-60(65)54-50-46-42-38-34-31-27-25-23-21-19-17-18-20-22-24-26-28-32-36-40-44-48-52-56-67-61(66)55-51-47-43-39-35-30-16-14-12-10-8-6-4-2/h8,10,14,16,49,53,58-59,63-64H,3-7,9,11-13,15,17-48,50-52,54-57H2,1-2H3,(H,62,65)/b10-8-,16-14-,53-49+. The van der Waals surface area contributed by atoms with E-state index in [0.717, 1.165) is 51.4 Å². The van der Waals surface area contributed by atoms with Crippen molar-refractivity contribution in [2.45, 2.75) is 328 Å². The van der Waals surface area contributed by atoms with Gasteiger partial charge >= 0.3 is 5.97 Å². The predicted octanol–water partition coefficient (Wildman–Crippen LogP) is 18.4. The topological polar surface area (TPSA) is 95.9 Å². The van der Waals surface area contributed by atoms with Crippen LogP contribution in [0.3, 0.4) is 0 Å². The average molecular weight is 943 g/mol. The molecule has 6 nitrogen and oxygen atoms in total. The van der Waals surface area contributed by atoms with Gasteiger partial charge in [0.05, 0.1) is 25.4 Å². The summed E-state index contributed by atoms with van der Waals surface area (Å²) in [5.74, 6) is -0.0675. The number of carbonyl (C=O) groups is 2. The molecule has 0 bridgehead atoms. The van der Waals surface area contributed by atoms with Crippen molar-refractivity contribution in [1.82, 2.24) is 5.32 Å². The number of rotatable bonds is 55. The number of unbranched alkanes of at least 4 members (excludes halogenated alkanes) is 40. The van der Waals surface area contributed by atoms with E-state index in [4.69, 9.17) is 4.74 Å². The Bertz CT molecular complexity index is 1090. The number of nitrogens with one attached hydrogen (secondary N) is 1. The molecule has 3 N–H and O–H groups in total. The van der Waals surface area contributed by atoms with Crippen molar-refractivity contribution >= 4 is 11.9 Å². The molecule has 0 saturated heterocycles. The van der Waals surface area contributed by atoms with Crippen LogP contribution < -0.4 is 5.32 Å². The van der Waals surface area contributed by atoms with Crippen molar-refractivity contribution < 1.29 is 24.5 Å². The fourth-order valence-corrected chi connectivity index (χ4v) is 9.08. The van der Waals surface area contributed by atoms with E-state index in [1.54, 1.807) is 6.08 Å². The van der Waals surface area contributed by atoms with Crippen molar-refractivity contribution in [3.8, 4) is 0 Å². The van der Waals surface area contributed by atoms with Crippen LogP contribution in [0.2, 0.25) is 0 Å². The highest BCUT2D eigenvalue weighted by molar-refractivity contribution is 5.76. The zero-order valence-electron chi connectivity index (χ0n) is 44.9. The zero-order chi connectivity index (χ0) is 48.6. The molecule has 0 rings (SSSR count). The van der Waals surface area contributed by atoms with E-state index < -0.39 is 12.1 Å². The lowest BCUT2D eigenvalue weighted by Gasteiger charge is -2.20. The lowest BCUT2D eigenvalue weighted by atomic mass is 10.0. The second-order valence-electron chi connectivity index (χ2n) is 20.3. The average Bonchev–Trinajstić information content (AvgIpc) is 3.33. The first-order valence-electron chi connectivity index (χ1n) is 29.8. The van der Waals surface area contributed by atoms with Crippen LogP contribution in [0.5, 0.6) is 0 Å². The molecule has 0 aliphatic heterocycles. The van der Waals surface area contributed by atoms with Gasteiger partial charge in [0.15, 0.2) is 0 Å². The summed E-state index contributed by atoms with van der Waals surface area (Å²) in [4.78, 5) is 24.5. The summed E-state index contributed by atoms with van der Waals surface area (Å²) in [6, 6.07) is -0.626. The van der Waals surface area contributed by atoms with Crippen LogP contribution in [0, 0.1) is 0 Å². The van der Waals surface area contributed by atoms with Crippen molar-refractivity contribution in [3.05, 3.63) is 36.5 Å². The number of ether oxygens (including phenoxy) is 1. The molecule has 1 amide bonds. The number of esters is 1. The molecule has 0 aromatic heterocycles. The first-order valence-corrected chi connectivity index (χ1v) is 29.8. The largest absolute Gasteiger partial charge is 0.466 e. The van der Waals surface area contributed by atoms with Gasteiger partial charge in [-0.05, 0) is 57.8 Å². The number of aliphatic hydroxyl groups excluding tert-OH is 2. The zero-order valence-corrected chi connectivity index (χ0v) is 44.9. The van der Waals surface area contributed by atoms with E-state index in [-0.39, 0.29) is 18.5 Å². The van der Waals surface area contributed by atoms with E-state index in [0.29, 0.717) is 19.4 Å². The SMILES string of the molecule is CCC/C=C\C/C=C\CCCCCCCC(=O)OCCCCCCCCCCCCCCCCCCCCCCCCCCC(=O)NC(CO)C(O)/C=C/CCCCCCCCCCCCC. The Balaban J connectivity index is 3.38. The Morgan fingerprint density at radius 1 is 0.418 bits per heavy atom. The van der Waals surface area contributed by atoms with Crippen molar-refractivity contribution in [1.29, 1.82) is 0 Å². The summed E-state index contributed by atoms with van der Waals surface area (Å²) in [5.41, 5.74) is 0. The van der Waals surface area contributed by atoms with Gasteiger partial charge in [-0.2, -0.15) is 0 Å². The summed E-state index contributed by atoms with van der Waals surface area (Å²) in [6.45, 7) is 4.84. The second kappa shape index (κ2) is 56.7. The molecule has 0 aliphatic carbocycles. The van der Waals surface area contributed by atoms with E-state index in [2.05, 4.69) is 43.5 Å². The molecule has 2 unspecified atom stereocenters. The van der Waals surface area contributed by atoms with Gasteiger partial charge in [-0.1, -0.05) is 281 Å². The van der Waals surface area contributed by atoms with Crippen LogP contribution >= 0.6 is 0 Å². The minimum atomic E-state index is -0.843. The molecule has 0 fully saturated rings. The van der Waals surface area contributed by atoms with Crippen LogP contribution in [0.15, 0.2) is 36.5 Å². The molecule has 0 saturated carbocycles.